The third kappa shape index (κ3) is 3.28. The Balaban J connectivity index is 1.66. The number of aryl methyl sites for hydroxylation is 1. The first-order valence-corrected chi connectivity index (χ1v) is 7.99. The second-order valence-corrected chi connectivity index (χ2v) is 6.15. The molecule has 0 amide bonds. The average molecular weight is 298 g/mol. The monoisotopic (exact) mass is 298 g/mol. The van der Waals surface area contributed by atoms with Gasteiger partial charge in [-0.2, -0.15) is 0 Å². The van der Waals surface area contributed by atoms with Crippen LogP contribution in [0.25, 0.3) is 11.0 Å². The molecule has 0 spiro atoms. The molecule has 1 unspecified atom stereocenters. The summed E-state index contributed by atoms with van der Waals surface area (Å²) < 4.78 is 2.06. The molecule has 108 valence electrons. The summed E-state index contributed by atoms with van der Waals surface area (Å²) in [4.78, 5) is 5.78. The van der Waals surface area contributed by atoms with Crippen molar-refractivity contribution in [3.63, 3.8) is 0 Å². The lowest BCUT2D eigenvalue weighted by Crippen LogP contribution is -2.16. The summed E-state index contributed by atoms with van der Waals surface area (Å²) in [5.74, 6) is 1.60. The van der Waals surface area contributed by atoms with E-state index < -0.39 is 6.10 Å². The van der Waals surface area contributed by atoms with E-state index in [1.165, 1.54) is 4.90 Å². The molecule has 1 N–H and O–H groups in total. The van der Waals surface area contributed by atoms with Gasteiger partial charge in [-0.05, 0) is 24.3 Å². The fraction of sp³-hybridized carbons (Fsp3) is 0.235. The van der Waals surface area contributed by atoms with Crippen LogP contribution in [-0.4, -0.2) is 26.5 Å². The maximum Gasteiger partial charge on any atom is 0.112 e. The summed E-state index contributed by atoms with van der Waals surface area (Å²) >= 11 is 1.67. The van der Waals surface area contributed by atoms with Crippen molar-refractivity contribution in [2.75, 3.05) is 5.75 Å². The second-order valence-electron chi connectivity index (χ2n) is 5.06. The van der Waals surface area contributed by atoms with Crippen molar-refractivity contribution >= 4 is 22.8 Å². The van der Waals surface area contributed by atoms with Crippen LogP contribution in [0.2, 0.25) is 0 Å². The molecular formula is C17H18N2OS. The second kappa shape index (κ2) is 6.33. The largest absolute Gasteiger partial charge is 0.392 e. The number of hydrogen-bond donors (Lipinski definition) is 1. The fourth-order valence-corrected chi connectivity index (χ4v) is 3.21. The molecule has 0 saturated carbocycles. The van der Waals surface area contributed by atoms with Crippen molar-refractivity contribution in [1.29, 1.82) is 0 Å². The van der Waals surface area contributed by atoms with Gasteiger partial charge in [0.05, 0.1) is 17.1 Å². The molecule has 3 nitrogen and oxygen atoms in total. The third-order valence-electron chi connectivity index (χ3n) is 3.48. The molecule has 0 bridgehead atoms. The van der Waals surface area contributed by atoms with Gasteiger partial charge < -0.3 is 9.67 Å². The van der Waals surface area contributed by atoms with E-state index >= 15 is 0 Å². The predicted octanol–water partition coefficient (Wildman–Crippen LogP) is 3.27. The summed E-state index contributed by atoms with van der Waals surface area (Å²) in [5, 5.41) is 10.2. The lowest BCUT2D eigenvalue weighted by Gasteiger charge is -2.10. The number of aromatic nitrogens is 2. The van der Waals surface area contributed by atoms with Gasteiger partial charge in [-0.3, -0.25) is 0 Å². The van der Waals surface area contributed by atoms with E-state index in [0.717, 1.165) is 16.9 Å². The van der Waals surface area contributed by atoms with Gasteiger partial charge in [0.2, 0.25) is 0 Å². The van der Waals surface area contributed by atoms with Crippen molar-refractivity contribution in [1.82, 2.24) is 9.55 Å². The molecule has 1 aromatic heterocycles. The molecule has 21 heavy (non-hydrogen) atoms. The molecule has 1 heterocycles. The number of rotatable bonds is 5. The quantitative estimate of drug-likeness (QED) is 0.735. The highest BCUT2D eigenvalue weighted by atomic mass is 32.2. The van der Waals surface area contributed by atoms with Crippen LogP contribution in [0.3, 0.4) is 0 Å². The first-order chi connectivity index (χ1) is 10.2. The minimum Gasteiger partial charge on any atom is -0.392 e. The molecule has 0 aliphatic heterocycles. The van der Waals surface area contributed by atoms with Gasteiger partial charge in [-0.25, -0.2) is 4.98 Å². The van der Waals surface area contributed by atoms with Crippen molar-refractivity contribution in [2.24, 2.45) is 7.05 Å². The van der Waals surface area contributed by atoms with Gasteiger partial charge in [-0.15, -0.1) is 11.8 Å². The number of aliphatic hydroxyl groups excluding tert-OH is 1. The highest BCUT2D eigenvalue weighted by Gasteiger charge is 2.12. The minimum absolute atomic E-state index is 0.397. The maximum atomic E-state index is 10.2. The number of hydrogen-bond acceptors (Lipinski definition) is 3. The molecule has 0 saturated heterocycles. The molecular weight excluding hydrogens is 280 g/mol. The van der Waals surface area contributed by atoms with E-state index in [9.17, 15) is 5.11 Å². The van der Waals surface area contributed by atoms with Crippen LogP contribution >= 0.6 is 11.8 Å². The van der Waals surface area contributed by atoms with Gasteiger partial charge in [0.1, 0.15) is 5.82 Å². The molecule has 0 aliphatic rings. The van der Waals surface area contributed by atoms with Gasteiger partial charge in [0.25, 0.3) is 0 Å². The molecule has 0 fully saturated rings. The van der Waals surface area contributed by atoms with E-state index in [1.54, 1.807) is 11.8 Å². The Kier molecular flexibility index (Phi) is 4.27. The number of imidazole rings is 1. The summed E-state index contributed by atoms with van der Waals surface area (Å²) in [6.07, 6.45) is 0.177. The van der Waals surface area contributed by atoms with Crippen LogP contribution in [0.5, 0.6) is 0 Å². The lowest BCUT2D eigenvalue weighted by atomic mass is 10.3. The molecule has 0 radical (unpaired) electrons. The molecule has 2 aromatic carbocycles. The zero-order valence-electron chi connectivity index (χ0n) is 11.9. The first kappa shape index (κ1) is 14.2. The fourth-order valence-electron chi connectivity index (χ4n) is 2.36. The summed E-state index contributed by atoms with van der Waals surface area (Å²) in [7, 11) is 2.00. The number of aliphatic hydroxyl groups is 1. The smallest absolute Gasteiger partial charge is 0.112 e. The Labute approximate surface area is 128 Å². The Morgan fingerprint density at radius 1 is 1.10 bits per heavy atom. The maximum absolute atomic E-state index is 10.2. The number of fused-ring (bicyclic) bond motifs is 1. The zero-order chi connectivity index (χ0) is 14.7. The van der Waals surface area contributed by atoms with E-state index in [0.29, 0.717) is 12.2 Å². The lowest BCUT2D eigenvalue weighted by molar-refractivity contribution is 0.196. The Morgan fingerprint density at radius 3 is 2.57 bits per heavy atom. The molecule has 3 rings (SSSR count). The van der Waals surface area contributed by atoms with Crippen LogP contribution in [0.4, 0.5) is 0 Å². The normalized spacial score (nSPS) is 12.7. The molecule has 4 heteroatoms. The van der Waals surface area contributed by atoms with Crippen LogP contribution in [0.1, 0.15) is 5.82 Å². The highest BCUT2D eigenvalue weighted by Crippen LogP contribution is 2.20. The first-order valence-electron chi connectivity index (χ1n) is 7.00. The minimum atomic E-state index is -0.397. The van der Waals surface area contributed by atoms with E-state index in [-0.39, 0.29) is 0 Å². The molecule has 3 aromatic rings. The standard InChI is InChI=1S/C17H18N2OS/c1-19-16-10-6-5-9-15(16)18-17(19)11-13(20)12-21-14-7-3-2-4-8-14/h2-10,13,20H,11-12H2,1H3. The third-order valence-corrected chi connectivity index (χ3v) is 4.64. The van der Waals surface area contributed by atoms with Crippen molar-refractivity contribution in [3.05, 3.63) is 60.4 Å². The Bertz CT molecular complexity index is 724. The van der Waals surface area contributed by atoms with Gasteiger partial charge in [0, 0.05) is 24.1 Å². The van der Waals surface area contributed by atoms with E-state index in [4.69, 9.17) is 0 Å². The van der Waals surface area contributed by atoms with Crippen molar-refractivity contribution in [3.8, 4) is 0 Å². The number of benzene rings is 2. The summed E-state index contributed by atoms with van der Waals surface area (Å²) in [6, 6.07) is 18.2. The predicted molar refractivity (Wildman–Crippen MR) is 87.6 cm³/mol. The number of thioether (sulfide) groups is 1. The summed E-state index contributed by atoms with van der Waals surface area (Å²) in [5.41, 5.74) is 2.09. The SMILES string of the molecule is Cn1c(CC(O)CSc2ccccc2)nc2ccccc21. The van der Waals surface area contributed by atoms with Crippen molar-refractivity contribution in [2.45, 2.75) is 17.4 Å². The Morgan fingerprint density at radius 2 is 1.81 bits per heavy atom. The highest BCUT2D eigenvalue weighted by molar-refractivity contribution is 7.99. The van der Waals surface area contributed by atoms with Gasteiger partial charge in [0.15, 0.2) is 0 Å². The van der Waals surface area contributed by atoms with Crippen LogP contribution < -0.4 is 0 Å². The average Bonchev–Trinajstić information content (AvgIpc) is 2.83. The zero-order valence-corrected chi connectivity index (χ0v) is 12.8. The summed E-state index contributed by atoms with van der Waals surface area (Å²) in [6.45, 7) is 0. The van der Waals surface area contributed by atoms with E-state index in [1.807, 2.05) is 43.4 Å². The Hall–Kier alpha value is -1.78. The van der Waals surface area contributed by atoms with Gasteiger partial charge in [-0.1, -0.05) is 30.3 Å². The van der Waals surface area contributed by atoms with Gasteiger partial charge >= 0.3 is 0 Å². The number of nitrogens with zero attached hydrogens (tertiary/aromatic N) is 2. The topological polar surface area (TPSA) is 38.0 Å². The van der Waals surface area contributed by atoms with Crippen LogP contribution in [0, 0.1) is 0 Å². The van der Waals surface area contributed by atoms with E-state index in [2.05, 4.69) is 27.8 Å². The van der Waals surface area contributed by atoms with Crippen LogP contribution in [0.15, 0.2) is 59.5 Å². The molecule has 0 aliphatic carbocycles. The van der Waals surface area contributed by atoms with Crippen LogP contribution in [-0.2, 0) is 13.5 Å². The van der Waals surface area contributed by atoms with Crippen molar-refractivity contribution < 1.29 is 5.11 Å². The number of para-hydroxylation sites is 2. The molecule has 1 atom stereocenters.